The van der Waals surface area contributed by atoms with Crippen LogP contribution in [0, 0.1) is 0 Å². The summed E-state index contributed by atoms with van der Waals surface area (Å²) in [5.41, 5.74) is 3.98. The average molecular weight is 510 g/mol. The number of carboxylic acid groups (broad SMARTS) is 1. The van der Waals surface area contributed by atoms with E-state index in [4.69, 9.17) is 0 Å². The van der Waals surface area contributed by atoms with E-state index in [0.717, 1.165) is 31.2 Å². The number of hydrogen-bond acceptors (Lipinski definition) is 6. The zero-order valence-electron chi connectivity index (χ0n) is 20.1. The maximum Gasteiger partial charge on any atom is 0.335 e. The maximum absolute atomic E-state index is 13.4. The number of nitrogens with one attached hydrogen (secondary N) is 1. The van der Waals surface area contributed by atoms with Gasteiger partial charge in [-0.05, 0) is 78.8 Å². The topological polar surface area (TPSA) is 144 Å². The van der Waals surface area contributed by atoms with Gasteiger partial charge in [-0.2, -0.15) is 0 Å². The molecule has 2 heterocycles. The van der Waals surface area contributed by atoms with Gasteiger partial charge in [-0.15, -0.1) is 0 Å². The van der Waals surface area contributed by atoms with Crippen molar-refractivity contribution in [3.05, 3.63) is 94.1 Å². The van der Waals surface area contributed by atoms with E-state index in [1.54, 1.807) is 18.2 Å². The highest BCUT2D eigenvalue weighted by molar-refractivity contribution is 6.51. The van der Waals surface area contributed by atoms with Gasteiger partial charge in [0, 0.05) is 5.56 Å². The number of fused-ring (bicyclic) bond motifs is 2. The summed E-state index contributed by atoms with van der Waals surface area (Å²) in [4.78, 5) is 46.8. The first-order valence-corrected chi connectivity index (χ1v) is 12.3. The standard InChI is InChI=1S/C29H23N3O6/c33-20-10-7-16(8-11-20)24-23(25(34)18-6-5-15-3-1-2-4-17(15)13-18)26(35)27(36)32(24)29-30-21-12-9-19(28(37)38)14-22(21)31-29/h5-14,24,33-34H,1-4H2,(H,30,31)(H,37,38)/b25-23+. The zero-order chi connectivity index (χ0) is 26.6. The molecule has 1 aliphatic heterocycles. The van der Waals surface area contributed by atoms with E-state index in [0.29, 0.717) is 22.2 Å². The van der Waals surface area contributed by atoms with Crippen LogP contribution in [0.5, 0.6) is 5.75 Å². The average Bonchev–Trinajstić information content (AvgIpc) is 3.46. The molecule has 0 saturated carbocycles. The number of Topliss-reactive ketones (excluding diaryl/α,β-unsaturated/α-hetero) is 1. The van der Waals surface area contributed by atoms with Crippen LogP contribution in [0.3, 0.4) is 0 Å². The van der Waals surface area contributed by atoms with Crippen LogP contribution in [-0.2, 0) is 22.4 Å². The normalized spacial score (nSPS) is 18.6. The van der Waals surface area contributed by atoms with E-state index in [9.17, 15) is 29.7 Å². The number of aryl methyl sites for hydroxylation is 2. The minimum Gasteiger partial charge on any atom is -0.508 e. The SMILES string of the molecule is O=C1C(=O)N(c2nc3ccc(C(=O)O)cc3[nH]2)C(c2ccc(O)cc2)/C1=C(\O)c1ccc2c(c1)CCCC2. The lowest BCUT2D eigenvalue weighted by atomic mass is 9.89. The number of anilines is 1. The van der Waals surface area contributed by atoms with Gasteiger partial charge in [0.05, 0.1) is 28.2 Å². The van der Waals surface area contributed by atoms with Gasteiger partial charge in [0.1, 0.15) is 11.5 Å². The van der Waals surface area contributed by atoms with Crippen LogP contribution in [0.4, 0.5) is 5.95 Å². The van der Waals surface area contributed by atoms with Gasteiger partial charge < -0.3 is 20.3 Å². The number of aromatic nitrogens is 2. The van der Waals surface area contributed by atoms with E-state index >= 15 is 0 Å². The van der Waals surface area contributed by atoms with Crippen molar-refractivity contribution in [1.29, 1.82) is 0 Å². The molecule has 1 aromatic heterocycles. The van der Waals surface area contributed by atoms with Gasteiger partial charge in [0.2, 0.25) is 5.95 Å². The summed E-state index contributed by atoms with van der Waals surface area (Å²) in [5, 5.41) is 30.6. The lowest BCUT2D eigenvalue weighted by Crippen LogP contribution is -2.30. The first-order chi connectivity index (χ1) is 18.3. The fourth-order valence-electron chi connectivity index (χ4n) is 5.30. The number of aromatic hydroxyl groups is 1. The predicted octanol–water partition coefficient (Wildman–Crippen LogP) is 4.47. The Morgan fingerprint density at radius 2 is 1.61 bits per heavy atom. The molecule has 1 fully saturated rings. The first-order valence-electron chi connectivity index (χ1n) is 12.3. The largest absolute Gasteiger partial charge is 0.508 e. The highest BCUT2D eigenvalue weighted by Crippen LogP contribution is 2.42. The molecule has 1 aliphatic carbocycles. The Bertz CT molecular complexity index is 1670. The first kappa shape index (κ1) is 23.5. The molecule has 4 N–H and O–H groups in total. The number of rotatable bonds is 4. The molecule has 3 aromatic carbocycles. The molecule has 2 aliphatic rings. The summed E-state index contributed by atoms with van der Waals surface area (Å²) in [6.07, 6.45) is 3.99. The van der Waals surface area contributed by atoms with Gasteiger partial charge in [0.15, 0.2) is 0 Å². The Labute approximate surface area is 216 Å². The van der Waals surface area contributed by atoms with Crippen LogP contribution in [0.1, 0.15) is 51.5 Å². The van der Waals surface area contributed by atoms with Gasteiger partial charge in [-0.3, -0.25) is 14.5 Å². The number of benzene rings is 3. The number of phenols is 1. The third kappa shape index (κ3) is 3.80. The van der Waals surface area contributed by atoms with E-state index in [-0.39, 0.29) is 28.6 Å². The van der Waals surface area contributed by atoms with Crippen molar-refractivity contribution < 1.29 is 29.7 Å². The van der Waals surface area contributed by atoms with E-state index in [1.807, 2.05) is 12.1 Å². The van der Waals surface area contributed by atoms with E-state index < -0.39 is 23.7 Å². The Balaban J connectivity index is 1.52. The summed E-state index contributed by atoms with van der Waals surface area (Å²) in [7, 11) is 0. The zero-order valence-corrected chi connectivity index (χ0v) is 20.1. The van der Waals surface area contributed by atoms with Crippen molar-refractivity contribution in [3.8, 4) is 5.75 Å². The minimum absolute atomic E-state index is 0.00493. The van der Waals surface area contributed by atoms with Crippen LogP contribution >= 0.6 is 0 Å². The van der Waals surface area contributed by atoms with Crippen molar-refractivity contribution in [3.63, 3.8) is 0 Å². The molecule has 1 saturated heterocycles. The van der Waals surface area contributed by atoms with Gasteiger partial charge in [-0.25, -0.2) is 9.78 Å². The minimum atomic E-state index is -1.11. The van der Waals surface area contributed by atoms with Crippen LogP contribution in [0.15, 0.2) is 66.2 Å². The molecule has 0 spiro atoms. The second-order valence-electron chi connectivity index (χ2n) is 9.55. The van der Waals surface area contributed by atoms with Crippen molar-refractivity contribution in [1.82, 2.24) is 9.97 Å². The van der Waals surface area contributed by atoms with Crippen molar-refractivity contribution in [2.75, 3.05) is 4.90 Å². The number of nitrogens with zero attached hydrogens (tertiary/aromatic N) is 2. The number of carbonyl (C=O) groups is 3. The number of aromatic amines is 1. The Morgan fingerprint density at radius 3 is 2.34 bits per heavy atom. The highest BCUT2D eigenvalue weighted by Gasteiger charge is 2.48. The molecule has 6 rings (SSSR count). The van der Waals surface area contributed by atoms with Crippen molar-refractivity contribution in [2.45, 2.75) is 31.7 Å². The second kappa shape index (κ2) is 8.88. The number of ketones is 1. The smallest absolute Gasteiger partial charge is 0.335 e. The molecule has 4 aromatic rings. The summed E-state index contributed by atoms with van der Waals surface area (Å²) in [6, 6.07) is 14.9. The van der Waals surface area contributed by atoms with Crippen LogP contribution < -0.4 is 4.90 Å². The lowest BCUT2D eigenvalue weighted by molar-refractivity contribution is -0.132. The number of phenolic OH excluding ortho intramolecular Hbond substituents is 1. The number of hydrogen-bond donors (Lipinski definition) is 4. The number of aromatic carboxylic acids is 1. The monoisotopic (exact) mass is 509 g/mol. The van der Waals surface area contributed by atoms with Crippen molar-refractivity contribution >= 4 is 40.4 Å². The summed E-state index contributed by atoms with van der Waals surface area (Å²) >= 11 is 0. The van der Waals surface area contributed by atoms with E-state index in [1.165, 1.54) is 40.8 Å². The Kier molecular flexibility index (Phi) is 5.48. The molecule has 1 unspecified atom stereocenters. The third-order valence-electron chi connectivity index (χ3n) is 7.22. The summed E-state index contributed by atoms with van der Waals surface area (Å²) in [5.74, 6) is -3.12. The van der Waals surface area contributed by atoms with Gasteiger partial charge in [-0.1, -0.05) is 24.3 Å². The number of amides is 1. The van der Waals surface area contributed by atoms with Gasteiger partial charge >= 0.3 is 11.9 Å². The van der Waals surface area contributed by atoms with E-state index in [2.05, 4.69) is 9.97 Å². The molecule has 190 valence electrons. The van der Waals surface area contributed by atoms with Crippen molar-refractivity contribution in [2.24, 2.45) is 0 Å². The molecule has 1 amide bonds. The fourth-order valence-corrected chi connectivity index (χ4v) is 5.30. The molecule has 9 heteroatoms. The molecule has 9 nitrogen and oxygen atoms in total. The summed E-state index contributed by atoms with van der Waals surface area (Å²) in [6.45, 7) is 0. The Morgan fingerprint density at radius 1 is 0.895 bits per heavy atom. The lowest BCUT2D eigenvalue weighted by Gasteiger charge is -2.23. The summed E-state index contributed by atoms with van der Waals surface area (Å²) < 4.78 is 0. The number of carbonyl (C=O) groups excluding carboxylic acids is 2. The predicted molar refractivity (Wildman–Crippen MR) is 139 cm³/mol. The maximum atomic E-state index is 13.4. The molecule has 0 bridgehead atoms. The number of aliphatic hydroxyl groups is 1. The number of carboxylic acids is 1. The molecule has 0 radical (unpaired) electrons. The highest BCUT2D eigenvalue weighted by atomic mass is 16.4. The third-order valence-corrected chi connectivity index (χ3v) is 7.22. The molecule has 38 heavy (non-hydrogen) atoms. The quantitative estimate of drug-likeness (QED) is 0.180. The number of aliphatic hydroxyl groups excluding tert-OH is 1. The Hall–Kier alpha value is -4.92. The second-order valence-corrected chi connectivity index (χ2v) is 9.55. The van der Waals surface area contributed by atoms with Crippen LogP contribution in [-0.4, -0.2) is 42.9 Å². The molecule has 1 atom stereocenters. The van der Waals surface area contributed by atoms with Crippen LogP contribution in [0.2, 0.25) is 0 Å². The number of H-pyrrole nitrogens is 1. The molecular formula is C29H23N3O6. The van der Waals surface area contributed by atoms with Gasteiger partial charge in [0.25, 0.3) is 5.78 Å². The fraction of sp³-hybridized carbons (Fsp3) is 0.172. The molecular weight excluding hydrogens is 486 g/mol. The van der Waals surface area contributed by atoms with Crippen LogP contribution in [0.25, 0.3) is 16.8 Å². The number of imidazole rings is 1.